The number of hydrogen-bond donors (Lipinski definition) is 0. The van der Waals surface area contributed by atoms with Gasteiger partial charge in [0.2, 0.25) is 0 Å². The van der Waals surface area contributed by atoms with Crippen LogP contribution in [0.25, 0.3) is 0 Å². The highest BCUT2D eigenvalue weighted by Gasteiger charge is 2.41. The van der Waals surface area contributed by atoms with Crippen LogP contribution in [0.3, 0.4) is 0 Å². The number of benzene rings is 1. The fourth-order valence-electron chi connectivity index (χ4n) is 2.64. The highest BCUT2D eigenvalue weighted by atomic mass is 33.1. The maximum absolute atomic E-state index is 12.4. The molecule has 2 rings (SSSR count). The summed E-state index contributed by atoms with van der Waals surface area (Å²) in [5.74, 6) is -0.269. The summed E-state index contributed by atoms with van der Waals surface area (Å²) < 4.78 is 11.4. The zero-order valence-corrected chi connectivity index (χ0v) is 15.2. The van der Waals surface area contributed by atoms with Crippen molar-refractivity contribution < 1.29 is 14.3 Å². The molecule has 1 aliphatic rings. The number of methoxy groups -OCH3 is 1. The van der Waals surface area contributed by atoms with Gasteiger partial charge in [0, 0.05) is 12.4 Å². The summed E-state index contributed by atoms with van der Waals surface area (Å²) in [6.07, 6.45) is 1.50. The fraction of sp³-hybridized carbons (Fsp3) is 0.588. The Morgan fingerprint density at radius 1 is 1.23 bits per heavy atom. The van der Waals surface area contributed by atoms with Gasteiger partial charge in [0.05, 0.1) is 10.3 Å². The molecule has 0 aromatic heterocycles. The van der Waals surface area contributed by atoms with Crippen LogP contribution in [0.15, 0.2) is 30.3 Å². The Bertz CT molecular complexity index is 490. The maximum Gasteiger partial charge on any atom is 0.338 e. The number of rotatable bonds is 3. The van der Waals surface area contributed by atoms with E-state index in [1.54, 1.807) is 19.2 Å². The van der Waals surface area contributed by atoms with Crippen molar-refractivity contribution in [3.05, 3.63) is 35.9 Å². The zero-order valence-electron chi connectivity index (χ0n) is 13.6. The van der Waals surface area contributed by atoms with E-state index < -0.39 is 0 Å². The number of esters is 1. The lowest BCUT2D eigenvalue weighted by Crippen LogP contribution is -2.46. The van der Waals surface area contributed by atoms with Crippen LogP contribution in [-0.4, -0.2) is 35.3 Å². The monoisotopic (exact) mass is 340 g/mol. The topological polar surface area (TPSA) is 35.5 Å². The average molecular weight is 341 g/mol. The first kappa shape index (κ1) is 17.7. The Morgan fingerprint density at radius 2 is 1.91 bits per heavy atom. The molecule has 1 heterocycles. The molecule has 3 nitrogen and oxygen atoms in total. The van der Waals surface area contributed by atoms with Gasteiger partial charge in [-0.2, -0.15) is 0 Å². The van der Waals surface area contributed by atoms with Crippen molar-refractivity contribution in [2.24, 2.45) is 0 Å². The van der Waals surface area contributed by atoms with Crippen LogP contribution in [-0.2, 0) is 9.47 Å². The fourth-order valence-corrected chi connectivity index (χ4v) is 5.43. The molecule has 3 atom stereocenters. The molecule has 1 fully saturated rings. The first-order valence-electron chi connectivity index (χ1n) is 7.57. The third-order valence-electron chi connectivity index (χ3n) is 3.83. The van der Waals surface area contributed by atoms with E-state index in [-0.39, 0.29) is 22.9 Å². The van der Waals surface area contributed by atoms with Crippen molar-refractivity contribution in [3.63, 3.8) is 0 Å². The second kappa shape index (κ2) is 7.75. The molecule has 22 heavy (non-hydrogen) atoms. The van der Waals surface area contributed by atoms with Gasteiger partial charge in [-0.1, -0.05) is 46.7 Å². The van der Waals surface area contributed by atoms with Gasteiger partial charge in [-0.3, -0.25) is 0 Å². The molecule has 0 N–H and O–H groups in total. The predicted molar refractivity (Wildman–Crippen MR) is 94.4 cm³/mol. The highest BCUT2D eigenvalue weighted by Crippen LogP contribution is 2.46. The van der Waals surface area contributed by atoms with Gasteiger partial charge in [0.1, 0.15) is 12.2 Å². The van der Waals surface area contributed by atoms with Gasteiger partial charge < -0.3 is 9.47 Å². The summed E-state index contributed by atoms with van der Waals surface area (Å²) in [6.45, 7) is 6.53. The lowest BCUT2D eigenvalue weighted by atomic mass is 9.96. The molecule has 3 unspecified atom stereocenters. The molecule has 0 saturated carbocycles. The lowest BCUT2D eigenvalue weighted by molar-refractivity contribution is -0.0503. The van der Waals surface area contributed by atoms with Crippen LogP contribution in [0.2, 0.25) is 0 Å². The molecule has 0 radical (unpaired) electrons. The van der Waals surface area contributed by atoms with E-state index >= 15 is 0 Å². The number of hydrogen-bond acceptors (Lipinski definition) is 5. The lowest BCUT2D eigenvalue weighted by Gasteiger charge is -2.39. The summed E-state index contributed by atoms with van der Waals surface area (Å²) in [6, 6.07) is 9.15. The normalized spacial score (nSPS) is 28.5. The van der Waals surface area contributed by atoms with Crippen molar-refractivity contribution in [2.75, 3.05) is 7.11 Å². The Hall–Kier alpha value is -0.650. The molecule has 122 valence electrons. The van der Waals surface area contributed by atoms with Crippen LogP contribution in [0.5, 0.6) is 0 Å². The van der Waals surface area contributed by atoms with Gasteiger partial charge in [-0.05, 0) is 38.8 Å². The van der Waals surface area contributed by atoms with E-state index in [1.807, 2.05) is 39.8 Å². The van der Waals surface area contributed by atoms with Crippen LogP contribution in [0.4, 0.5) is 0 Å². The van der Waals surface area contributed by atoms with Gasteiger partial charge >= 0.3 is 5.97 Å². The quantitative estimate of drug-likeness (QED) is 0.595. The number of carbonyl (C=O) groups is 1. The highest BCUT2D eigenvalue weighted by molar-refractivity contribution is 8.77. The van der Waals surface area contributed by atoms with Crippen molar-refractivity contribution in [1.82, 2.24) is 0 Å². The van der Waals surface area contributed by atoms with Crippen LogP contribution < -0.4 is 0 Å². The minimum atomic E-state index is -0.269. The smallest absolute Gasteiger partial charge is 0.338 e. The van der Waals surface area contributed by atoms with Crippen molar-refractivity contribution >= 4 is 27.6 Å². The van der Waals surface area contributed by atoms with Gasteiger partial charge in [0.25, 0.3) is 0 Å². The Labute approximate surface area is 140 Å². The molecule has 1 saturated heterocycles. The Kier molecular flexibility index (Phi) is 6.24. The van der Waals surface area contributed by atoms with E-state index in [0.717, 1.165) is 12.8 Å². The predicted octanol–water partition coefficient (Wildman–Crippen LogP) is 4.57. The summed E-state index contributed by atoms with van der Waals surface area (Å²) in [7, 11) is 5.41. The van der Waals surface area contributed by atoms with Crippen molar-refractivity contribution in [1.29, 1.82) is 0 Å². The summed E-state index contributed by atoms with van der Waals surface area (Å²) >= 11 is 0. The van der Waals surface area contributed by atoms with Crippen LogP contribution >= 0.6 is 21.6 Å². The molecular weight excluding hydrogens is 316 g/mol. The molecule has 0 bridgehead atoms. The molecule has 1 aromatic carbocycles. The third kappa shape index (κ3) is 4.43. The molecule has 0 amide bonds. The molecule has 1 aliphatic heterocycles. The molecule has 0 aliphatic carbocycles. The van der Waals surface area contributed by atoms with Gasteiger partial charge in [0.15, 0.2) is 0 Å². The number of ether oxygens (including phenoxy) is 2. The Morgan fingerprint density at radius 3 is 2.55 bits per heavy atom. The first-order valence-corrected chi connectivity index (χ1v) is 9.78. The standard InChI is InChI=1S/C17H24O3S2/c1-12-10-11-14(15(19-4)17(2,3)22-21-12)20-16(18)13-8-6-5-7-9-13/h5-9,12,14-15H,10-11H2,1-4H3. The van der Waals surface area contributed by atoms with E-state index in [9.17, 15) is 4.79 Å². The molecule has 5 heteroatoms. The number of carbonyl (C=O) groups excluding carboxylic acids is 1. The third-order valence-corrected chi connectivity index (χ3v) is 7.71. The van der Waals surface area contributed by atoms with E-state index in [0.29, 0.717) is 10.8 Å². The van der Waals surface area contributed by atoms with Crippen molar-refractivity contribution in [2.45, 2.75) is 55.8 Å². The van der Waals surface area contributed by atoms with E-state index in [1.165, 1.54) is 0 Å². The molecular formula is C17H24O3S2. The first-order chi connectivity index (χ1) is 10.4. The second-order valence-corrected chi connectivity index (χ2v) is 9.43. The SMILES string of the molecule is COC1C(OC(=O)c2ccccc2)CCC(C)SSC1(C)C. The molecule has 1 aromatic rings. The Balaban J connectivity index is 2.15. The summed E-state index contributed by atoms with van der Waals surface area (Å²) in [5.41, 5.74) is 0.590. The molecule has 0 spiro atoms. The minimum Gasteiger partial charge on any atom is -0.456 e. The largest absolute Gasteiger partial charge is 0.456 e. The van der Waals surface area contributed by atoms with Gasteiger partial charge in [-0.25, -0.2) is 4.79 Å². The maximum atomic E-state index is 12.4. The minimum absolute atomic E-state index is 0.115. The second-order valence-electron chi connectivity index (χ2n) is 6.14. The van der Waals surface area contributed by atoms with E-state index in [2.05, 4.69) is 20.8 Å². The van der Waals surface area contributed by atoms with Crippen LogP contribution in [0.1, 0.15) is 44.0 Å². The van der Waals surface area contributed by atoms with E-state index in [4.69, 9.17) is 9.47 Å². The average Bonchev–Trinajstić information content (AvgIpc) is 2.50. The summed E-state index contributed by atoms with van der Waals surface area (Å²) in [5, 5.41) is 0.542. The van der Waals surface area contributed by atoms with Gasteiger partial charge in [-0.15, -0.1) is 0 Å². The van der Waals surface area contributed by atoms with Crippen LogP contribution in [0, 0.1) is 0 Å². The summed E-state index contributed by atoms with van der Waals surface area (Å²) in [4.78, 5) is 12.4. The zero-order chi connectivity index (χ0) is 16.2. The van der Waals surface area contributed by atoms with Crippen molar-refractivity contribution in [3.8, 4) is 0 Å².